The Bertz CT molecular complexity index is 810. The lowest BCUT2D eigenvalue weighted by atomic mass is 10.2. The zero-order valence-electron chi connectivity index (χ0n) is 10.8. The van der Waals surface area contributed by atoms with E-state index in [-0.39, 0.29) is 5.56 Å². The lowest BCUT2D eigenvalue weighted by molar-refractivity contribution is 0.793. The van der Waals surface area contributed by atoms with Crippen molar-refractivity contribution in [2.24, 2.45) is 5.84 Å². The van der Waals surface area contributed by atoms with Crippen molar-refractivity contribution in [2.45, 2.75) is 6.54 Å². The van der Waals surface area contributed by atoms with Crippen molar-refractivity contribution in [1.29, 1.82) is 0 Å². The van der Waals surface area contributed by atoms with E-state index in [0.29, 0.717) is 12.4 Å². The minimum absolute atomic E-state index is 0.0252. The number of nitrogens with zero attached hydrogens (tertiary/aromatic N) is 2. The molecule has 2 aromatic heterocycles. The summed E-state index contributed by atoms with van der Waals surface area (Å²) < 4.78 is 1.74. The van der Waals surface area contributed by atoms with E-state index in [1.807, 2.05) is 42.5 Å². The summed E-state index contributed by atoms with van der Waals surface area (Å²) in [5.41, 5.74) is 4.36. The molecule has 0 aliphatic heterocycles. The van der Waals surface area contributed by atoms with Gasteiger partial charge in [-0.15, -0.1) is 0 Å². The summed E-state index contributed by atoms with van der Waals surface area (Å²) >= 11 is 0. The third-order valence-corrected chi connectivity index (χ3v) is 3.21. The summed E-state index contributed by atoms with van der Waals surface area (Å²) in [7, 11) is 0. The third kappa shape index (κ3) is 2.26. The van der Waals surface area contributed by atoms with Gasteiger partial charge in [-0.05, 0) is 35.2 Å². The van der Waals surface area contributed by atoms with E-state index in [1.54, 1.807) is 16.8 Å². The van der Waals surface area contributed by atoms with Crippen LogP contribution in [0.25, 0.3) is 10.9 Å². The zero-order chi connectivity index (χ0) is 13.9. The quantitative estimate of drug-likeness (QED) is 0.559. The van der Waals surface area contributed by atoms with E-state index >= 15 is 0 Å². The SMILES string of the molecule is NNc1cc(Cn2c(=O)ccc3ccccc32)ccn1. The maximum absolute atomic E-state index is 12.1. The monoisotopic (exact) mass is 266 g/mol. The van der Waals surface area contributed by atoms with Crippen molar-refractivity contribution in [1.82, 2.24) is 9.55 Å². The summed E-state index contributed by atoms with van der Waals surface area (Å²) in [6, 6.07) is 14.9. The Labute approximate surface area is 115 Å². The van der Waals surface area contributed by atoms with Gasteiger partial charge in [0.1, 0.15) is 5.82 Å². The van der Waals surface area contributed by atoms with Crippen LogP contribution in [0.4, 0.5) is 5.82 Å². The molecule has 0 atom stereocenters. The number of para-hydroxylation sites is 1. The predicted octanol–water partition coefficient (Wildman–Crippen LogP) is 1.73. The van der Waals surface area contributed by atoms with Gasteiger partial charge in [0, 0.05) is 12.3 Å². The highest BCUT2D eigenvalue weighted by Crippen LogP contribution is 2.13. The topological polar surface area (TPSA) is 72.9 Å². The fourth-order valence-corrected chi connectivity index (χ4v) is 2.24. The number of rotatable bonds is 3. The predicted molar refractivity (Wildman–Crippen MR) is 79.4 cm³/mol. The van der Waals surface area contributed by atoms with E-state index < -0.39 is 0 Å². The third-order valence-electron chi connectivity index (χ3n) is 3.21. The fraction of sp³-hybridized carbons (Fsp3) is 0.0667. The second-order valence-corrected chi connectivity index (χ2v) is 4.51. The highest BCUT2D eigenvalue weighted by atomic mass is 16.1. The highest BCUT2D eigenvalue weighted by Gasteiger charge is 2.04. The van der Waals surface area contributed by atoms with Gasteiger partial charge >= 0.3 is 0 Å². The molecule has 0 aliphatic rings. The molecule has 0 saturated heterocycles. The first-order valence-electron chi connectivity index (χ1n) is 6.28. The number of benzene rings is 1. The summed E-state index contributed by atoms with van der Waals surface area (Å²) in [5.74, 6) is 5.93. The molecule has 5 nitrogen and oxygen atoms in total. The Morgan fingerprint density at radius 1 is 1.15 bits per heavy atom. The number of hydrogen-bond acceptors (Lipinski definition) is 4. The van der Waals surface area contributed by atoms with Crippen LogP contribution in [0.15, 0.2) is 59.5 Å². The molecule has 3 rings (SSSR count). The molecule has 0 unspecified atom stereocenters. The molecule has 0 radical (unpaired) electrons. The molecule has 1 aromatic carbocycles. The van der Waals surface area contributed by atoms with Crippen LogP contribution in [0.5, 0.6) is 0 Å². The maximum Gasteiger partial charge on any atom is 0.251 e. The smallest absolute Gasteiger partial charge is 0.251 e. The van der Waals surface area contributed by atoms with Crippen LogP contribution < -0.4 is 16.8 Å². The van der Waals surface area contributed by atoms with Crippen LogP contribution in [-0.4, -0.2) is 9.55 Å². The molecule has 0 aliphatic carbocycles. The molecule has 3 aromatic rings. The maximum atomic E-state index is 12.1. The molecule has 0 spiro atoms. The van der Waals surface area contributed by atoms with E-state index in [2.05, 4.69) is 10.4 Å². The van der Waals surface area contributed by atoms with Crippen LogP contribution in [0.3, 0.4) is 0 Å². The van der Waals surface area contributed by atoms with Crippen molar-refractivity contribution in [3.63, 3.8) is 0 Å². The Hall–Kier alpha value is -2.66. The second-order valence-electron chi connectivity index (χ2n) is 4.51. The van der Waals surface area contributed by atoms with Gasteiger partial charge in [-0.1, -0.05) is 18.2 Å². The van der Waals surface area contributed by atoms with Crippen molar-refractivity contribution < 1.29 is 0 Å². The standard InChI is InChI=1S/C15H14N4O/c16-18-14-9-11(7-8-17-14)10-19-13-4-2-1-3-12(13)5-6-15(19)20/h1-9H,10,16H2,(H,17,18). The molecular formula is C15H14N4O. The summed E-state index contributed by atoms with van der Waals surface area (Å²) in [6.07, 6.45) is 1.67. The number of hydrogen-bond donors (Lipinski definition) is 2. The van der Waals surface area contributed by atoms with Gasteiger partial charge in [0.05, 0.1) is 12.1 Å². The Morgan fingerprint density at radius 3 is 2.85 bits per heavy atom. The average molecular weight is 266 g/mol. The lowest BCUT2D eigenvalue weighted by Gasteiger charge is -2.10. The van der Waals surface area contributed by atoms with Crippen molar-refractivity contribution in [3.05, 3.63) is 70.6 Å². The Morgan fingerprint density at radius 2 is 2.00 bits per heavy atom. The first kappa shape index (κ1) is 12.4. The van der Waals surface area contributed by atoms with Crippen molar-refractivity contribution in [2.75, 3.05) is 5.43 Å². The van der Waals surface area contributed by atoms with Crippen molar-refractivity contribution in [3.8, 4) is 0 Å². The molecule has 0 amide bonds. The molecule has 100 valence electrons. The number of nitrogens with two attached hydrogens (primary N) is 1. The number of anilines is 1. The summed E-state index contributed by atoms with van der Waals surface area (Å²) in [4.78, 5) is 16.2. The first-order chi connectivity index (χ1) is 9.78. The lowest BCUT2D eigenvalue weighted by Crippen LogP contribution is -2.20. The van der Waals surface area contributed by atoms with Crippen molar-refractivity contribution >= 4 is 16.7 Å². The minimum Gasteiger partial charge on any atom is -0.308 e. The molecule has 3 N–H and O–H groups in total. The molecule has 5 heteroatoms. The molecule has 0 fully saturated rings. The Balaban J connectivity index is 2.10. The normalized spacial score (nSPS) is 10.7. The molecule has 2 heterocycles. The van der Waals surface area contributed by atoms with Crippen LogP contribution in [0.1, 0.15) is 5.56 Å². The number of hydrazine groups is 1. The van der Waals surface area contributed by atoms with Gasteiger partial charge in [0.25, 0.3) is 5.56 Å². The number of nitrogen functional groups attached to an aromatic ring is 1. The number of pyridine rings is 2. The minimum atomic E-state index is -0.0252. The number of fused-ring (bicyclic) bond motifs is 1. The van der Waals surface area contributed by atoms with Crippen LogP contribution >= 0.6 is 0 Å². The van der Waals surface area contributed by atoms with Gasteiger partial charge in [0.2, 0.25) is 0 Å². The largest absolute Gasteiger partial charge is 0.308 e. The van der Waals surface area contributed by atoms with Crippen LogP contribution in [0, 0.1) is 0 Å². The van der Waals surface area contributed by atoms with Gasteiger partial charge in [-0.2, -0.15) is 0 Å². The van der Waals surface area contributed by atoms with E-state index in [4.69, 9.17) is 5.84 Å². The average Bonchev–Trinajstić information content (AvgIpc) is 2.50. The second kappa shape index (κ2) is 5.14. The fourth-order valence-electron chi connectivity index (χ4n) is 2.24. The van der Waals surface area contributed by atoms with Gasteiger partial charge in [-0.25, -0.2) is 10.8 Å². The van der Waals surface area contributed by atoms with Gasteiger partial charge in [0.15, 0.2) is 0 Å². The van der Waals surface area contributed by atoms with E-state index in [0.717, 1.165) is 16.5 Å². The first-order valence-corrected chi connectivity index (χ1v) is 6.28. The summed E-state index contributed by atoms with van der Waals surface area (Å²) in [6.45, 7) is 0.484. The van der Waals surface area contributed by atoms with Gasteiger partial charge < -0.3 is 9.99 Å². The highest BCUT2D eigenvalue weighted by molar-refractivity contribution is 5.78. The van der Waals surface area contributed by atoms with Crippen LogP contribution in [-0.2, 0) is 6.54 Å². The van der Waals surface area contributed by atoms with E-state index in [9.17, 15) is 4.79 Å². The molecule has 0 bridgehead atoms. The van der Waals surface area contributed by atoms with E-state index in [1.165, 1.54) is 0 Å². The van der Waals surface area contributed by atoms with Crippen LogP contribution in [0.2, 0.25) is 0 Å². The summed E-state index contributed by atoms with van der Waals surface area (Å²) in [5, 5.41) is 1.04. The van der Waals surface area contributed by atoms with Gasteiger partial charge in [-0.3, -0.25) is 4.79 Å². The number of aromatic nitrogens is 2. The zero-order valence-corrected chi connectivity index (χ0v) is 10.8. The molecular weight excluding hydrogens is 252 g/mol. The Kier molecular flexibility index (Phi) is 3.18. The number of nitrogens with one attached hydrogen (secondary N) is 1. The molecule has 0 saturated carbocycles. The molecule has 20 heavy (non-hydrogen) atoms.